The number of amides is 1. The molecule has 1 unspecified atom stereocenters. The van der Waals surface area contributed by atoms with Crippen LogP contribution in [-0.2, 0) is 0 Å². The van der Waals surface area contributed by atoms with E-state index in [1.807, 2.05) is 6.92 Å². The number of hydrogen-bond acceptors (Lipinski definition) is 6. The van der Waals surface area contributed by atoms with Crippen molar-refractivity contribution in [3.8, 4) is 11.3 Å². The summed E-state index contributed by atoms with van der Waals surface area (Å²) >= 11 is 1.54. The minimum absolute atomic E-state index is 0.00151. The van der Waals surface area contributed by atoms with Gasteiger partial charge in [0, 0.05) is 65.5 Å². The standard InChI is InChI=1S/C26H27N5OS/c1-15-13-17(31-11-9-27-10-12-31)3-4-18(15)20-6-5-19-21(30-20)7-8-22-23(19)24-25(33-22)26(32)29-16(2)14-28-24/h3-8,13,16,27-28H,9-12,14H2,1-2H3,(H,29,32). The number of carbonyl (C=O) groups excluding carboxylic acids is 1. The number of piperazine rings is 1. The van der Waals surface area contributed by atoms with Gasteiger partial charge in [0.1, 0.15) is 4.88 Å². The Kier molecular flexibility index (Phi) is 4.96. The van der Waals surface area contributed by atoms with Crippen LogP contribution in [0.2, 0.25) is 0 Å². The van der Waals surface area contributed by atoms with Crippen molar-refractivity contribution in [3.63, 3.8) is 0 Å². The zero-order chi connectivity index (χ0) is 22.5. The number of aromatic nitrogens is 1. The topological polar surface area (TPSA) is 69.3 Å². The average Bonchev–Trinajstić information content (AvgIpc) is 3.15. The maximum Gasteiger partial charge on any atom is 0.263 e. The van der Waals surface area contributed by atoms with Gasteiger partial charge in [0.15, 0.2) is 0 Å². The second kappa shape index (κ2) is 8.01. The van der Waals surface area contributed by atoms with E-state index in [-0.39, 0.29) is 11.9 Å². The van der Waals surface area contributed by atoms with Crippen molar-refractivity contribution in [1.29, 1.82) is 0 Å². The first-order valence-electron chi connectivity index (χ1n) is 11.6. The van der Waals surface area contributed by atoms with E-state index in [0.29, 0.717) is 6.54 Å². The molecule has 3 N–H and O–H groups in total. The van der Waals surface area contributed by atoms with Crippen molar-refractivity contribution in [2.75, 3.05) is 42.9 Å². The highest BCUT2D eigenvalue weighted by atomic mass is 32.1. The van der Waals surface area contributed by atoms with Gasteiger partial charge < -0.3 is 20.9 Å². The third-order valence-electron chi connectivity index (χ3n) is 6.66. The van der Waals surface area contributed by atoms with Crippen LogP contribution in [0, 0.1) is 6.92 Å². The first-order valence-corrected chi connectivity index (χ1v) is 12.4. The van der Waals surface area contributed by atoms with Gasteiger partial charge in [-0.3, -0.25) is 4.79 Å². The second-order valence-corrected chi connectivity index (χ2v) is 10.1. The minimum atomic E-state index is 0.00151. The number of carbonyl (C=O) groups is 1. The van der Waals surface area contributed by atoms with Crippen molar-refractivity contribution in [2.24, 2.45) is 0 Å². The van der Waals surface area contributed by atoms with Crippen LogP contribution >= 0.6 is 11.3 Å². The molecule has 6 nitrogen and oxygen atoms in total. The van der Waals surface area contributed by atoms with Gasteiger partial charge >= 0.3 is 0 Å². The normalized spacial score (nSPS) is 18.7. The number of rotatable bonds is 2. The van der Waals surface area contributed by atoms with Gasteiger partial charge in [-0.15, -0.1) is 11.3 Å². The highest BCUT2D eigenvalue weighted by Gasteiger charge is 2.25. The van der Waals surface area contributed by atoms with Crippen molar-refractivity contribution < 1.29 is 4.79 Å². The van der Waals surface area contributed by atoms with E-state index in [0.717, 1.165) is 69.0 Å². The molecule has 33 heavy (non-hydrogen) atoms. The summed E-state index contributed by atoms with van der Waals surface area (Å²) in [6.45, 7) is 9.04. The Morgan fingerprint density at radius 1 is 1.09 bits per heavy atom. The number of nitrogens with zero attached hydrogens (tertiary/aromatic N) is 2. The van der Waals surface area contributed by atoms with Crippen LogP contribution in [0.5, 0.6) is 0 Å². The monoisotopic (exact) mass is 457 g/mol. The van der Waals surface area contributed by atoms with Crippen molar-refractivity contribution in [2.45, 2.75) is 19.9 Å². The molecule has 2 aromatic heterocycles. The van der Waals surface area contributed by atoms with Crippen molar-refractivity contribution in [1.82, 2.24) is 15.6 Å². The van der Waals surface area contributed by atoms with E-state index in [1.54, 1.807) is 11.3 Å². The van der Waals surface area contributed by atoms with Crippen LogP contribution in [-0.4, -0.2) is 49.7 Å². The van der Waals surface area contributed by atoms with E-state index in [9.17, 15) is 4.79 Å². The summed E-state index contributed by atoms with van der Waals surface area (Å²) in [4.78, 5) is 20.9. The van der Waals surface area contributed by atoms with E-state index in [2.05, 4.69) is 70.2 Å². The van der Waals surface area contributed by atoms with Crippen LogP contribution in [0.4, 0.5) is 11.4 Å². The predicted octanol–water partition coefficient (Wildman–Crippen LogP) is 4.38. The van der Waals surface area contributed by atoms with E-state index in [4.69, 9.17) is 4.98 Å². The van der Waals surface area contributed by atoms with Crippen LogP contribution in [0.15, 0.2) is 42.5 Å². The maximum atomic E-state index is 12.7. The fraction of sp³-hybridized carbons (Fsp3) is 0.308. The van der Waals surface area contributed by atoms with E-state index in [1.165, 1.54) is 11.3 Å². The Hall–Kier alpha value is -3.16. The first-order chi connectivity index (χ1) is 16.1. The fourth-order valence-corrected chi connectivity index (χ4v) is 6.03. The molecule has 2 aliphatic heterocycles. The summed E-state index contributed by atoms with van der Waals surface area (Å²) < 4.78 is 1.11. The van der Waals surface area contributed by atoms with Gasteiger partial charge in [-0.05, 0) is 55.8 Å². The molecule has 1 atom stereocenters. The second-order valence-electron chi connectivity index (χ2n) is 9.00. The Morgan fingerprint density at radius 3 is 2.76 bits per heavy atom. The molecule has 0 spiro atoms. The van der Waals surface area contributed by atoms with E-state index < -0.39 is 0 Å². The molecule has 0 bridgehead atoms. The number of aryl methyl sites for hydroxylation is 1. The van der Waals surface area contributed by atoms with Crippen LogP contribution < -0.4 is 20.9 Å². The third kappa shape index (κ3) is 3.52. The van der Waals surface area contributed by atoms with Crippen LogP contribution in [0.25, 0.3) is 32.2 Å². The smallest absolute Gasteiger partial charge is 0.263 e. The summed E-state index contributed by atoms with van der Waals surface area (Å²) in [6, 6.07) is 15.2. The molecule has 0 saturated carbocycles. The molecule has 4 heterocycles. The molecule has 6 rings (SSSR count). The van der Waals surface area contributed by atoms with Gasteiger partial charge in [-0.2, -0.15) is 0 Å². The lowest BCUT2D eigenvalue weighted by atomic mass is 10.0. The summed E-state index contributed by atoms with van der Waals surface area (Å²) in [6.07, 6.45) is 0. The number of benzene rings is 2. The van der Waals surface area contributed by atoms with Crippen molar-refractivity contribution in [3.05, 3.63) is 52.9 Å². The Labute approximate surface area is 197 Å². The van der Waals surface area contributed by atoms with Crippen molar-refractivity contribution >= 4 is 49.6 Å². The highest BCUT2D eigenvalue weighted by molar-refractivity contribution is 7.21. The average molecular weight is 458 g/mol. The third-order valence-corrected chi connectivity index (χ3v) is 7.81. The molecular weight excluding hydrogens is 430 g/mol. The molecular formula is C26H27N5OS. The molecule has 7 heteroatoms. The quantitative estimate of drug-likeness (QED) is 0.417. The molecule has 0 radical (unpaired) electrons. The SMILES string of the molecule is Cc1cc(N2CCNCC2)ccc1-c1ccc2c(ccc3sc4c(c32)NCC(C)NC4=O)n1. The van der Waals surface area contributed by atoms with Gasteiger partial charge in [0.05, 0.1) is 16.9 Å². The Balaban J connectivity index is 1.42. The van der Waals surface area contributed by atoms with Gasteiger partial charge in [0.25, 0.3) is 5.91 Å². The molecule has 2 aromatic carbocycles. The lowest BCUT2D eigenvalue weighted by Gasteiger charge is -2.30. The first kappa shape index (κ1) is 20.4. The fourth-order valence-electron chi connectivity index (χ4n) is 4.93. The van der Waals surface area contributed by atoms with Crippen LogP contribution in [0.3, 0.4) is 0 Å². The number of hydrogen-bond donors (Lipinski definition) is 3. The number of thiophene rings is 1. The molecule has 2 aliphatic rings. The lowest BCUT2D eigenvalue weighted by molar-refractivity contribution is 0.0949. The zero-order valence-electron chi connectivity index (χ0n) is 18.9. The predicted molar refractivity (Wildman–Crippen MR) is 138 cm³/mol. The van der Waals surface area contributed by atoms with Gasteiger partial charge in [-0.25, -0.2) is 4.98 Å². The number of fused-ring (bicyclic) bond motifs is 5. The molecule has 4 aromatic rings. The van der Waals surface area contributed by atoms with E-state index >= 15 is 0 Å². The molecule has 1 amide bonds. The molecule has 1 fully saturated rings. The van der Waals surface area contributed by atoms with Gasteiger partial charge in [0.2, 0.25) is 0 Å². The summed E-state index contributed by atoms with van der Waals surface area (Å²) in [5.41, 5.74) is 6.54. The maximum absolute atomic E-state index is 12.7. The van der Waals surface area contributed by atoms with Gasteiger partial charge in [-0.1, -0.05) is 6.07 Å². The number of pyridine rings is 1. The number of anilines is 2. The highest BCUT2D eigenvalue weighted by Crippen LogP contribution is 2.41. The number of nitrogens with one attached hydrogen (secondary N) is 3. The minimum Gasteiger partial charge on any atom is -0.381 e. The molecule has 168 valence electrons. The lowest BCUT2D eigenvalue weighted by Crippen LogP contribution is -2.43. The summed E-state index contributed by atoms with van der Waals surface area (Å²) in [5.74, 6) is 0.00151. The van der Waals surface area contributed by atoms with Crippen LogP contribution in [0.1, 0.15) is 22.2 Å². The Bertz CT molecular complexity index is 1390. The molecule has 1 saturated heterocycles. The molecule has 0 aliphatic carbocycles. The summed E-state index contributed by atoms with van der Waals surface area (Å²) in [7, 11) is 0. The zero-order valence-corrected chi connectivity index (χ0v) is 19.7. The largest absolute Gasteiger partial charge is 0.381 e. The Morgan fingerprint density at radius 2 is 1.94 bits per heavy atom. The summed E-state index contributed by atoms with van der Waals surface area (Å²) in [5, 5.41) is 12.2.